The van der Waals surface area contributed by atoms with E-state index >= 15 is 0 Å². The van der Waals surface area contributed by atoms with Gasteiger partial charge in [0.25, 0.3) is 0 Å². The van der Waals surface area contributed by atoms with E-state index in [2.05, 4.69) is 9.88 Å². The quantitative estimate of drug-likeness (QED) is 0.324. The summed E-state index contributed by atoms with van der Waals surface area (Å²) in [5.41, 5.74) is -3.87. The Kier molecular flexibility index (Phi) is 11.7. The van der Waals surface area contributed by atoms with Gasteiger partial charge in [0.05, 0.1) is 17.2 Å². The summed E-state index contributed by atoms with van der Waals surface area (Å²) in [7, 11) is 0. The van der Waals surface area contributed by atoms with Crippen LogP contribution in [0.15, 0.2) is 24.3 Å². The Morgan fingerprint density at radius 2 is 1.46 bits per heavy atom. The van der Waals surface area contributed by atoms with Crippen LogP contribution < -0.4 is 0 Å². The number of hydrogen-bond donors (Lipinski definition) is 1. The van der Waals surface area contributed by atoms with Crippen molar-refractivity contribution >= 4 is 10.9 Å². The SMILES string of the molecule is CCN(CC)C[C]1[CH][CH][CH][C]1[C@@H](O)c1cc(C(F)(F)F)nc2c(C(F)(F)F)cccc12.[CH]1[CH][CH][CH][CH]1.[Fe+2]. The number of benzene rings is 1. The number of pyridine rings is 1. The molecule has 1 atom stereocenters. The summed E-state index contributed by atoms with van der Waals surface area (Å²) in [6.45, 7) is 5.81. The Morgan fingerprint density at radius 3 is 1.97 bits per heavy atom. The molecule has 0 bridgehead atoms. The van der Waals surface area contributed by atoms with Gasteiger partial charge < -0.3 is 10.0 Å². The van der Waals surface area contributed by atoms with Crippen LogP contribution in [-0.4, -0.2) is 34.6 Å². The molecule has 3 nitrogen and oxygen atoms in total. The zero-order valence-electron chi connectivity index (χ0n) is 20.1. The fraction of sp³-hybridized carbons (Fsp3) is 0.296. The van der Waals surface area contributed by atoms with Gasteiger partial charge in [-0.25, -0.2) is 4.98 Å². The zero-order chi connectivity index (χ0) is 26.5. The largest absolute Gasteiger partial charge is 2.00 e. The maximum Gasteiger partial charge on any atom is 2.00 e. The molecular weight excluding hydrogens is 538 g/mol. The van der Waals surface area contributed by atoms with Crippen LogP contribution in [0.3, 0.4) is 0 Å². The van der Waals surface area contributed by atoms with Crippen molar-refractivity contribution in [2.24, 2.45) is 0 Å². The number of aromatic nitrogens is 1. The first-order valence-electron chi connectivity index (χ1n) is 11.4. The molecule has 2 aliphatic carbocycles. The summed E-state index contributed by atoms with van der Waals surface area (Å²) in [5, 5.41) is 10.8. The third-order valence-corrected chi connectivity index (χ3v) is 5.84. The van der Waals surface area contributed by atoms with E-state index < -0.39 is 35.2 Å². The van der Waals surface area contributed by atoms with Crippen LogP contribution >= 0.6 is 0 Å². The Bertz CT molecular complexity index is 982. The molecule has 0 unspecified atom stereocenters. The van der Waals surface area contributed by atoms with Gasteiger partial charge in [0, 0.05) is 23.8 Å². The van der Waals surface area contributed by atoms with Crippen LogP contribution in [0.25, 0.3) is 10.9 Å². The molecule has 2 fully saturated rings. The molecule has 2 saturated carbocycles. The van der Waals surface area contributed by atoms with E-state index in [1.54, 1.807) is 19.3 Å². The smallest absolute Gasteiger partial charge is 0.388 e. The van der Waals surface area contributed by atoms with E-state index in [4.69, 9.17) is 0 Å². The summed E-state index contributed by atoms with van der Waals surface area (Å²) in [5.74, 6) is 1.05. The molecule has 0 amide bonds. The van der Waals surface area contributed by atoms with Gasteiger partial charge in [0.15, 0.2) is 0 Å². The van der Waals surface area contributed by atoms with Crippen LogP contribution in [0.5, 0.6) is 0 Å². The molecule has 1 aromatic carbocycles. The summed E-state index contributed by atoms with van der Waals surface area (Å²) >= 11 is 0. The molecule has 0 aliphatic heterocycles. The standard InChI is InChI=1S/C22H21F6N2O.C5H5.Fe/c1-3-30(4-2)12-13-7-5-8-14(13)20(31)16-11-18(22(26,27)28)29-19-15(16)9-6-10-17(19)21(23,24)25;1-2-4-5-3-1;/h5-11,20,31H,3-4,12H2,1-2H3;1-5H;/q;;+2/t20-;;/m1../s1. The number of aliphatic hydroxyl groups excluding tert-OH is 1. The number of nitrogens with zero attached hydrogens (tertiary/aromatic N) is 2. The Hall–Kier alpha value is -1.35. The maximum atomic E-state index is 13.4. The van der Waals surface area contributed by atoms with Gasteiger partial charge in [-0.3, -0.25) is 0 Å². The van der Waals surface area contributed by atoms with Crippen molar-refractivity contribution in [2.45, 2.75) is 32.3 Å². The summed E-state index contributed by atoms with van der Waals surface area (Å²) in [6.07, 6.45) is 3.55. The fourth-order valence-electron chi connectivity index (χ4n) is 3.93. The molecule has 1 heterocycles. The number of hydrogen-bond acceptors (Lipinski definition) is 3. The molecule has 0 saturated heterocycles. The molecule has 10 radical (unpaired) electrons. The van der Waals surface area contributed by atoms with Crippen molar-refractivity contribution in [3.8, 4) is 0 Å². The maximum absolute atomic E-state index is 13.4. The third kappa shape index (κ3) is 8.07. The van der Waals surface area contributed by atoms with Crippen LogP contribution in [0.1, 0.15) is 36.8 Å². The molecule has 10 heteroatoms. The molecule has 2 aliphatic rings. The minimum absolute atomic E-state index is 0. The van der Waals surface area contributed by atoms with Crippen molar-refractivity contribution in [3.05, 3.63) is 104 Å². The van der Waals surface area contributed by atoms with E-state index in [0.29, 0.717) is 30.5 Å². The molecule has 198 valence electrons. The zero-order valence-corrected chi connectivity index (χ0v) is 21.2. The van der Waals surface area contributed by atoms with E-state index in [1.807, 2.05) is 46.0 Å². The number of aliphatic hydroxyl groups is 1. The van der Waals surface area contributed by atoms with Gasteiger partial charge in [-0.05, 0) is 82.2 Å². The monoisotopic (exact) mass is 564 g/mol. The van der Waals surface area contributed by atoms with E-state index in [9.17, 15) is 31.4 Å². The summed E-state index contributed by atoms with van der Waals surface area (Å²) in [4.78, 5) is 5.32. The predicted molar refractivity (Wildman–Crippen MR) is 125 cm³/mol. The van der Waals surface area contributed by atoms with Gasteiger partial charge >= 0.3 is 29.4 Å². The van der Waals surface area contributed by atoms with Crippen molar-refractivity contribution in [3.63, 3.8) is 0 Å². The number of halogens is 6. The second-order valence-electron chi connectivity index (χ2n) is 8.13. The average Bonchev–Trinajstić information content (AvgIpc) is 3.55. The first-order valence-corrected chi connectivity index (χ1v) is 11.4. The Labute approximate surface area is 225 Å². The molecule has 0 spiro atoms. The van der Waals surface area contributed by atoms with Gasteiger partial charge in [-0.15, -0.1) is 0 Å². The normalized spacial score (nSPS) is 18.1. The molecule has 1 N–H and O–H groups in total. The van der Waals surface area contributed by atoms with Crippen LogP contribution in [-0.2, 0) is 29.4 Å². The predicted octanol–water partition coefficient (Wildman–Crippen LogP) is 6.44. The van der Waals surface area contributed by atoms with Gasteiger partial charge in [0.1, 0.15) is 5.69 Å². The van der Waals surface area contributed by atoms with Crippen molar-refractivity contribution < 1.29 is 48.5 Å². The Balaban J connectivity index is 0.000000716. The molecular formula is C27H26F6FeN2O+2. The molecule has 1 aromatic heterocycles. The summed E-state index contributed by atoms with van der Waals surface area (Å²) < 4.78 is 80.7. The second kappa shape index (κ2) is 13.6. The number of fused-ring (bicyclic) bond motifs is 1. The first kappa shape index (κ1) is 31.9. The molecule has 4 rings (SSSR count). The third-order valence-electron chi connectivity index (χ3n) is 5.84. The average molecular weight is 564 g/mol. The minimum atomic E-state index is -4.97. The molecule has 2 aromatic rings. The van der Waals surface area contributed by atoms with E-state index in [0.717, 1.165) is 19.2 Å². The topological polar surface area (TPSA) is 36.4 Å². The number of rotatable bonds is 6. The number of para-hydroxylation sites is 1. The van der Waals surface area contributed by atoms with Crippen LogP contribution in [0.4, 0.5) is 26.3 Å². The minimum Gasteiger partial charge on any atom is -0.388 e. The van der Waals surface area contributed by atoms with E-state index in [1.165, 1.54) is 6.07 Å². The van der Waals surface area contributed by atoms with Gasteiger partial charge in [0.2, 0.25) is 0 Å². The van der Waals surface area contributed by atoms with Crippen molar-refractivity contribution in [1.82, 2.24) is 9.88 Å². The van der Waals surface area contributed by atoms with Crippen LogP contribution in [0.2, 0.25) is 0 Å². The first-order chi connectivity index (χ1) is 17.0. The summed E-state index contributed by atoms with van der Waals surface area (Å²) in [6, 6.07) is 3.64. The Morgan fingerprint density at radius 1 is 0.865 bits per heavy atom. The van der Waals surface area contributed by atoms with Gasteiger partial charge in [-0.2, -0.15) is 26.3 Å². The number of alkyl halides is 6. The second-order valence-corrected chi connectivity index (χ2v) is 8.13. The van der Waals surface area contributed by atoms with Crippen molar-refractivity contribution in [2.75, 3.05) is 19.6 Å². The van der Waals surface area contributed by atoms with Crippen LogP contribution in [0, 0.1) is 63.2 Å². The molecule has 37 heavy (non-hydrogen) atoms. The van der Waals surface area contributed by atoms with E-state index in [-0.39, 0.29) is 28.0 Å². The van der Waals surface area contributed by atoms with Gasteiger partial charge in [-0.1, -0.05) is 26.0 Å². The van der Waals surface area contributed by atoms with Crippen molar-refractivity contribution in [1.29, 1.82) is 0 Å². The fourth-order valence-corrected chi connectivity index (χ4v) is 3.93.